The number of hydrogen-bond donors (Lipinski definition) is 2. The summed E-state index contributed by atoms with van der Waals surface area (Å²) in [5, 5.41) is 25.9. The van der Waals surface area contributed by atoms with Crippen molar-refractivity contribution in [3.8, 4) is 23.1 Å². The van der Waals surface area contributed by atoms with E-state index in [1.165, 1.54) is 23.0 Å². The summed E-state index contributed by atoms with van der Waals surface area (Å²) < 4.78 is 2.40. The van der Waals surface area contributed by atoms with Crippen LogP contribution >= 0.6 is 0 Å². The van der Waals surface area contributed by atoms with Crippen molar-refractivity contribution >= 4 is 44.7 Å². The van der Waals surface area contributed by atoms with E-state index in [9.17, 15) is 29.4 Å². The number of carbonyl (C=O) groups is 4. The van der Waals surface area contributed by atoms with Crippen LogP contribution in [0.1, 0.15) is 66.7 Å². The molecule has 0 fully saturated rings. The third-order valence-corrected chi connectivity index (χ3v) is 7.90. The molecule has 2 heterocycles. The smallest absolute Gasteiger partial charge is 0.213 e. The summed E-state index contributed by atoms with van der Waals surface area (Å²) >= 11 is 0. The van der Waals surface area contributed by atoms with Gasteiger partial charge in [0.05, 0.1) is 33.6 Å². The molecule has 8 heteroatoms. The van der Waals surface area contributed by atoms with Crippen molar-refractivity contribution < 1.29 is 29.4 Å². The van der Waals surface area contributed by atoms with E-state index < -0.39 is 34.9 Å². The maximum absolute atomic E-state index is 14.5. The fourth-order valence-electron chi connectivity index (χ4n) is 6.17. The first-order valence-corrected chi connectivity index (χ1v) is 13.2. The van der Waals surface area contributed by atoms with Gasteiger partial charge in [0.25, 0.3) is 0 Å². The van der Waals surface area contributed by atoms with Gasteiger partial charge < -0.3 is 10.2 Å². The van der Waals surface area contributed by atoms with E-state index in [1.54, 1.807) is 48.5 Å². The minimum Gasteiger partial charge on any atom is -0.494 e. The molecule has 0 unspecified atom stereocenters. The Bertz CT molecular complexity index is 2050. The van der Waals surface area contributed by atoms with Crippen molar-refractivity contribution in [2.24, 2.45) is 0 Å². The quantitative estimate of drug-likeness (QED) is 0.251. The number of carbonyl (C=O) groups excluding carboxylic acids is 4. The zero-order valence-electron chi connectivity index (χ0n) is 22.5. The number of ketones is 4. The van der Waals surface area contributed by atoms with Crippen LogP contribution in [-0.2, 0) is 0 Å². The molecule has 4 aromatic carbocycles. The van der Waals surface area contributed by atoms with Crippen molar-refractivity contribution in [1.82, 2.24) is 9.13 Å². The fourth-order valence-corrected chi connectivity index (χ4v) is 6.17. The Kier molecular flexibility index (Phi) is 5.33. The molecule has 204 valence electrons. The first kappa shape index (κ1) is 25.2. The number of hydrogen-bond acceptors (Lipinski definition) is 6. The molecule has 1 aliphatic rings. The minimum absolute atomic E-state index is 0.246. The summed E-state index contributed by atoms with van der Waals surface area (Å²) in [6.07, 6.45) is 0. The highest BCUT2D eigenvalue weighted by Crippen LogP contribution is 2.45. The molecule has 0 saturated heterocycles. The minimum atomic E-state index is -0.769. The number of benzene rings is 4. The lowest BCUT2D eigenvalue weighted by Crippen LogP contribution is -2.26. The number of aromatic hydroxyl groups is 2. The van der Waals surface area contributed by atoms with Crippen molar-refractivity contribution in [1.29, 1.82) is 0 Å². The van der Waals surface area contributed by atoms with E-state index in [0.717, 1.165) is 10.8 Å². The number of aromatic nitrogens is 2. The molecule has 8 nitrogen and oxygen atoms in total. The van der Waals surface area contributed by atoms with Gasteiger partial charge in [0.15, 0.2) is 11.6 Å². The van der Waals surface area contributed by atoms with Crippen molar-refractivity contribution in [2.75, 3.05) is 0 Å². The van der Waals surface area contributed by atoms with Crippen LogP contribution in [0.3, 0.4) is 0 Å². The van der Waals surface area contributed by atoms with E-state index in [-0.39, 0.29) is 33.6 Å². The molecule has 6 aromatic rings. The van der Waals surface area contributed by atoms with Gasteiger partial charge >= 0.3 is 0 Å². The monoisotopic (exact) mass is 554 g/mol. The number of nitrogens with zero attached hydrogens (tertiary/aromatic N) is 2. The van der Waals surface area contributed by atoms with Crippen LogP contribution in [0, 0.1) is 0 Å². The highest BCUT2D eigenvalue weighted by Gasteiger charge is 2.46. The first-order valence-electron chi connectivity index (χ1n) is 13.2. The van der Waals surface area contributed by atoms with Crippen LogP contribution in [0.15, 0.2) is 84.9 Å². The second-order valence-electron chi connectivity index (χ2n) is 10.3. The standard InChI is InChI=1S/C34H22N2O6/c1-17(37)25-27-29(35(33(25)41)23-15-7-11-19-9-3-5-13-21(19)23)32(40)28-26(18(2)38)34(42)36(30(28)31(27)39)24-16-8-12-20-10-4-6-14-22(20)24/h3-16,41-42H,1-2H3. The van der Waals surface area contributed by atoms with Gasteiger partial charge in [-0.25, -0.2) is 0 Å². The van der Waals surface area contributed by atoms with Gasteiger partial charge in [-0.3, -0.25) is 28.3 Å². The van der Waals surface area contributed by atoms with Gasteiger partial charge in [0.1, 0.15) is 11.4 Å². The Morgan fingerprint density at radius 2 is 0.905 bits per heavy atom. The van der Waals surface area contributed by atoms with E-state index in [2.05, 4.69) is 0 Å². The zero-order chi connectivity index (χ0) is 29.4. The first-order chi connectivity index (χ1) is 20.2. The molecule has 1 aliphatic carbocycles. The Balaban J connectivity index is 1.62. The predicted octanol–water partition coefficient (Wildman–Crippen LogP) is 6.17. The Morgan fingerprint density at radius 1 is 0.548 bits per heavy atom. The lowest BCUT2D eigenvalue weighted by atomic mass is 9.87. The second kappa shape index (κ2) is 8.87. The maximum Gasteiger partial charge on any atom is 0.213 e. The van der Waals surface area contributed by atoms with Crippen LogP contribution in [0.25, 0.3) is 32.9 Å². The van der Waals surface area contributed by atoms with Gasteiger partial charge in [-0.15, -0.1) is 0 Å². The van der Waals surface area contributed by atoms with Crippen LogP contribution in [0.5, 0.6) is 11.8 Å². The molecule has 2 N–H and O–H groups in total. The third kappa shape index (κ3) is 3.23. The van der Waals surface area contributed by atoms with E-state index >= 15 is 0 Å². The topological polar surface area (TPSA) is 119 Å². The largest absolute Gasteiger partial charge is 0.494 e. The van der Waals surface area contributed by atoms with Crippen LogP contribution < -0.4 is 0 Å². The molecular weight excluding hydrogens is 532 g/mol. The van der Waals surface area contributed by atoms with E-state index in [4.69, 9.17) is 0 Å². The van der Waals surface area contributed by atoms with Crippen molar-refractivity contribution in [2.45, 2.75) is 13.8 Å². The van der Waals surface area contributed by atoms with Crippen molar-refractivity contribution in [3.63, 3.8) is 0 Å². The molecule has 0 atom stereocenters. The van der Waals surface area contributed by atoms with Gasteiger partial charge in [-0.05, 0) is 36.8 Å². The predicted molar refractivity (Wildman–Crippen MR) is 157 cm³/mol. The van der Waals surface area contributed by atoms with Crippen LogP contribution in [0.4, 0.5) is 0 Å². The molecule has 0 radical (unpaired) electrons. The summed E-state index contributed by atoms with van der Waals surface area (Å²) in [5.74, 6) is -3.88. The summed E-state index contributed by atoms with van der Waals surface area (Å²) in [7, 11) is 0. The second-order valence-corrected chi connectivity index (χ2v) is 10.3. The number of fused-ring (bicyclic) bond motifs is 4. The van der Waals surface area contributed by atoms with E-state index in [0.29, 0.717) is 22.1 Å². The lowest BCUT2D eigenvalue weighted by Gasteiger charge is -2.19. The molecule has 0 amide bonds. The average molecular weight is 555 g/mol. The van der Waals surface area contributed by atoms with Crippen LogP contribution in [-0.4, -0.2) is 42.5 Å². The summed E-state index contributed by atoms with van der Waals surface area (Å²) in [4.78, 5) is 54.9. The fraction of sp³-hybridized carbons (Fsp3) is 0.0588. The van der Waals surface area contributed by atoms with Gasteiger partial charge in [0.2, 0.25) is 23.3 Å². The Labute approximate surface area is 238 Å². The molecule has 42 heavy (non-hydrogen) atoms. The summed E-state index contributed by atoms with van der Waals surface area (Å²) in [5.41, 5.74) is -0.915. The van der Waals surface area contributed by atoms with Crippen LogP contribution in [0.2, 0.25) is 0 Å². The highest BCUT2D eigenvalue weighted by molar-refractivity contribution is 6.34. The molecule has 2 aromatic heterocycles. The molecular formula is C34H22N2O6. The molecule has 0 saturated carbocycles. The Morgan fingerprint density at radius 3 is 1.29 bits per heavy atom. The zero-order valence-corrected chi connectivity index (χ0v) is 22.5. The van der Waals surface area contributed by atoms with Gasteiger partial charge in [-0.1, -0.05) is 72.8 Å². The lowest BCUT2D eigenvalue weighted by molar-refractivity contribution is 0.0956. The maximum atomic E-state index is 14.5. The SMILES string of the molecule is CC(=O)c1c2c(n(-c3cccc4ccccc34)c1O)C(=O)c1c(C(C)=O)c(O)n(-c3cccc4ccccc34)c1C2=O. The average Bonchev–Trinajstić information content (AvgIpc) is 3.47. The third-order valence-electron chi connectivity index (χ3n) is 7.90. The Hall–Kier alpha value is -5.76. The molecule has 0 bridgehead atoms. The molecule has 7 rings (SSSR count). The van der Waals surface area contributed by atoms with E-state index in [1.807, 2.05) is 36.4 Å². The summed E-state index contributed by atoms with van der Waals surface area (Å²) in [6.45, 7) is 2.41. The normalized spacial score (nSPS) is 12.5. The van der Waals surface area contributed by atoms with Crippen molar-refractivity contribution in [3.05, 3.63) is 119 Å². The molecule has 0 spiro atoms. The van der Waals surface area contributed by atoms with Gasteiger partial charge in [-0.2, -0.15) is 0 Å². The number of rotatable bonds is 4. The molecule has 0 aliphatic heterocycles. The number of Topliss-reactive ketones (excluding diaryl/α,β-unsaturated/α-hetero) is 2. The van der Waals surface area contributed by atoms with Gasteiger partial charge in [0, 0.05) is 10.8 Å². The highest BCUT2D eigenvalue weighted by atomic mass is 16.3. The summed E-state index contributed by atoms with van der Waals surface area (Å²) in [6, 6.07) is 25.1.